The summed E-state index contributed by atoms with van der Waals surface area (Å²) in [7, 11) is 1.52. The van der Waals surface area contributed by atoms with E-state index in [2.05, 4.69) is 15.3 Å². The highest BCUT2D eigenvalue weighted by Gasteiger charge is 2.15. The molecule has 0 spiro atoms. The molecule has 0 unspecified atom stereocenters. The lowest BCUT2D eigenvalue weighted by Crippen LogP contribution is -2.23. The van der Waals surface area contributed by atoms with Crippen LogP contribution in [0.15, 0.2) is 34.2 Å². The van der Waals surface area contributed by atoms with Gasteiger partial charge in [-0.05, 0) is 31.2 Å². The van der Waals surface area contributed by atoms with Gasteiger partial charge in [-0.15, -0.1) is 0 Å². The van der Waals surface area contributed by atoms with Gasteiger partial charge in [-0.3, -0.25) is 19.4 Å². The number of nitrogens with two attached hydrogens (primary N) is 1. The molecule has 4 N–H and O–H groups in total. The molecule has 1 aromatic carbocycles. The second-order valence-electron chi connectivity index (χ2n) is 4.91. The van der Waals surface area contributed by atoms with Crippen LogP contribution in [0.4, 0.5) is 11.5 Å². The van der Waals surface area contributed by atoms with E-state index in [1.807, 2.05) is 0 Å². The Balaban J connectivity index is 2.10. The molecule has 1 heterocycles. The molecule has 9 nitrogen and oxygen atoms in total. The third-order valence-electron chi connectivity index (χ3n) is 3.15. The van der Waals surface area contributed by atoms with Crippen LogP contribution in [-0.4, -0.2) is 41.3 Å². The van der Waals surface area contributed by atoms with Gasteiger partial charge in [0, 0.05) is 5.56 Å². The van der Waals surface area contributed by atoms with E-state index in [-0.39, 0.29) is 29.0 Å². The zero-order valence-corrected chi connectivity index (χ0v) is 15.0. The minimum Gasteiger partial charge on any atom is -0.497 e. The van der Waals surface area contributed by atoms with Crippen molar-refractivity contribution in [3.8, 4) is 5.75 Å². The summed E-state index contributed by atoms with van der Waals surface area (Å²) >= 11 is 0.977. The molecule has 138 valence electrons. The van der Waals surface area contributed by atoms with Gasteiger partial charge in [-0.2, -0.15) is 0 Å². The van der Waals surface area contributed by atoms with E-state index in [0.717, 1.165) is 11.8 Å². The van der Waals surface area contributed by atoms with Crippen molar-refractivity contribution in [2.45, 2.75) is 12.1 Å². The number of carbonyl (C=O) groups is 2. The summed E-state index contributed by atoms with van der Waals surface area (Å²) in [6.07, 6.45) is 0. The minimum atomic E-state index is -0.620. The number of ether oxygens (including phenoxy) is 2. The van der Waals surface area contributed by atoms with Crippen LogP contribution in [0.2, 0.25) is 0 Å². The molecule has 2 rings (SSSR count). The number of methoxy groups -OCH3 is 1. The minimum absolute atomic E-state index is 0.0201. The molecule has 0 saturated heterocycles. The summed E-state index contributed by atoms with van der Waals surface area (Å²) in [5.41, 5.74) is 5.31. The Hall–Kier alpha value is -3.01. The number of rotatable bonds is 7. The Bertz CT molecular complexity index is 851. The number of nitrogens with one attached hydrogen (secondary N) is 2. The number of nitrogen functional groups attached to an aromatic ring is 1. The van der Waals surface area contributed by atoms with Gasteiger partial charge in [0.15, 0.2) is 11.0 Å². The van der Waals surface area contributed by atoms with Gasteiger partial charge < -0.3 is 20.5 Å². The second kappa shape index (κ2) is 8.90. The predicted octanol–water partition coefficient (Wildman–Crippen LogP) is 1.27. The third kappa shape index (κ3) is 4.99. The van der Waals surface area contributed by atoms with Crippen LogP contribution in [-0.2, 0) is 9.53 Å². The number of aromatic amines is 1. The highest BCUT2D eigenvalue weighted by Crippen LogP contribution is 2.18. The van der Waals surface area contributed by atoms with Crippen LogP contribution in [0.25, 0.3) is 0 Å². The molecule has 0 aliphatic heterocycles. The highest BCUT2D eigenvalue weighted by molar-refractivity contribution is 7.99. The first-order valence-corrected chi connectivity index (χ1v) is 8.56. The fourth-order valence-corrected chi connectivity index (χ4v) is 2.58. The van der Waals surface area contributed by atoms with Gasteiger partial charge in [-0.25, -0.2) is 4.98 Å². The van der Waals surface area contributed by atoms with E-state index in [0.29, 0.717) is 11.3 Å². The highest BCUT2D eigenvalue weighted by atomic mass is 32.2. The zero-order chi connectivity index (χ0) is 19.1. The van der Waals surface area contributed by atoms with Gasteiger partial charge >= 0.3 is 5.97 Å². The lowest BCUT2D eigenvalue weighted by molar-refractivity contribution is -0.139. The van der Waals surface area contributed by atoms with Crippen molar-refractivity contribution < 1.29 is 19.1 Å². The van der Waals surface area contributed by atoms with Crippen LogP contribution < -0.4 is 21.3 Å². The maximum Gasteiger partial charge on any atom is 0.316 e. The van der Waals surface area contributed by atoms with Crippen molar-refractivity contribution in [2.75, 3.05) is 30.5 Å². The molecule has 0 atom stereocenters. The van der Waals surface area contributed by atoms with Crippen LogP contribution >= 0.6 is 11.8 Å². The molecule has 0 radical (unpaired) electrons. The quantitative estimate of drug-likeness (QED) is 0.372. The van der Waals surface area contributed by atoms with Gasteiger partial charge in [0.1, 0.15) is 11.4 Å². The van der Waals surface area contributed by atoms with E-state index < -0.39 is 17.4 Å². The molecule has 10 heteroatoms. The molecular weight excluding hydrogens is 360 g/mol. The van der Waals surface area contributed by atoms with Gasteiger partial charge in [0.2, 0.25) is 0 Å². The first kappa shape index (κ1) is 19.3. The van der Waals surface area contributed by atoms with Crippen molar-refractivity contribution in [3.63, 3.8) is 0 Å². The smallest absolute Gasteiger partial charge is 0.316 e. The summed E-state index contributed by atoms with van der Waals surface area (Å²) in [6, 6.07) is 6.34. The monoisotopic (exact) mass is 378 g/mol. The molecular formula is C16H18N4O5S. The molecule has 0 bridgehead atoms. The van der Waals surface area contributed by atoms with Crippen molar-refractivity contribution in [1.29, 1.82) is 0 Å². The summed E-state index contributed by atoms with van der Waals surface area (Å²) in [5, 5.41) is 2.59. The number of benzene rings is 1. The van der Waals surface area contributed by atoms with Crippen molar-refractivity contribution >= 4 is 35.1 Å². The van der Waals surface area contributed by atoms with Crippen LogP contribution in [0.5, 0.6) is 5.75 Å². The lowest BCUT2D eigenvalue weighted by atomic mass is 10.2. The second-order valence-corrected chi connectivity index (χ2v) is 5.87. The Morgan fingerprint density at radius 2 is 2.00 bits per heavy atom. The van der Waals surface area contributed by atoms with Crippen LogP contribution in [0.3, 0.4) is 0 Å². The normalized spacial score (nSPS) is 10.2. The number of hydrogen-bond donors (Lipinski definition) is 3. The molecule has 0 aliphatic rings. The van der Waals surface area contributed by atoms with Gasteiger partial charge in [0.25, 0.3) is 11.5 Å². The summed E-state index contributed by atoms with van der Waals surface area (Å²) < 4.78 is 9.81. The Morgan fingerprint density at radius 3 is 2.58 bits per heavy atom. The molecule has 2 aromatic rings. The summed E-state index contributed by atoms with van der Waals surface area (Å²) in [4.78, 5) is 42.2. The zero-order valence-electron chi connectivity index (χ0n) is 14.2. The molecule has 0 fully saturated rings. The standard InChI is InChI=1S/C16H18N4O5S/c1-3-25-11(21)8-26-16-19-13(17)12(15(23)20-16)18-14(22)9-4-6-10(24-2)7-5-9/h4-7H,3,8H2,1-2H3,(H,18,22)(H3,17,19,20,23). The van der Waals surface area contributed by atoms with E-state index in [9.17, 15) is 14.4 Å². The molecule has 1 aromatic heterocycles. The van der Waals surface area contributed by atoms with E-state index in [4.69, 9.17) is 15.2 Å². The number of aromatic nitrogens is 2. The topological polar surface area (TPSA) is 136 Å². The fraction of sp³-hybridized carbons (Fsp3) is 0.250. The number of amides is 1. The van der Waals surface area contributed by atoms with E-state index in [1.54, 1.807) is 31.2 Å². The average molecular weight is 378 g/mol. The number of hydrogen-bond acceptors (Lipinski definition) is 8. The Morgan fingerprint density at radius 1 is 1.31 bits per heavy atom. The third-order valence-corrected chi connectivity index (χ3v) is 4.00. The SMILES string of the molecule is CCOC(=O)CSc1nc(N)c(NC(=O)c2ccc(OC)cc2)c(=O)[nH]1. The average Bonchev–Trinajstić information content (AvgIpc) is 2.63. The molecule has 0 aliphatic carbocycles. The fourth-order valence-electron chi connectivity index (χ4n) is 1.92. The number of H-pyrrole nitrogens is 1. The number of anilines is 2. The maximum absolute atomic E-state index is 12.2. The Kier molecular flexibility index (Phi) is 6.61. The lowest BCUT2D eigenvalue weighted by Gasteiger charge is -2.09. The van der Waals surface area contributed by atoms with Gasteiger partial charge in [-0.1, -0.05) is 11.8 Å². The van der Waals surface area contributed by atoms with Gasteiger partial charge in [0.05, 0.1) is 19.5 Å². The number of thioether (sulfide) groups is 1. The molecule has 26 heavy (non-hydrogen) atoms. The molecule has 1 amide bonds. The number of carbonyl (C=O) groups excluding carboxylic acids is 2. The largest absolute Gasteiger partial charge is 0.497 e. The number of esters is 1. The summed E-state index contributed by atoms with van der Waals surface area (Å²) in [5.74, 6) is -0.520. The molecule has 0 saturated carbocycles. The summed E-state index contributed by atoms with van der Waals surface area (Å²) in [6.45, 7) is 1.96. The Labute approximate surface area is 153 Å². The first-order chi connectivity index (χ1) is 12.4. The maximum atomic E-state index is 12.2. The van der Waals surface area contributed by atoms with Crippen molar-refractivity contribution in [2.24, 2.45) is 0 Å². The predicted molar refractivity (Wildman–Crippen MR) is 97.6 cm³/mol. The van der Waals surface area contributed by atoms with Crippen LogP contribution in [0.1, 0.15) is 17.3 Å². The van der Waals surface area contributed by atoms with Crippen molar-refractivity contribution in [3.05, 3.63) is 40.2 Å². The van der Waals surface area contributed by atoms with E-state index >= 15 is 0 Å². The number of nitrogens with zero attached hydrogens (tertiary/aromatic N) is 1. The van der Waals surface area contributed by atoms with Crippen molar-refractivity contribution in [1.82, 2.24) is 9.97 Å². The van der Waals surface area contributed by atoms with Crippen LogP contribution in [0, 0.1) is 0 Å². The van der Waals surface area contributed by atoms with E-state index in [1.165, 1.54) is 7.11 Å². The first-order valence-electron chi connectivity index (χ1n) is 7.58.